The smallest absolute Gasteiger partial charge is 0.316 e. The quantitative estimate of drug-likeness (QED) is 0.878. The van der Waals surface area contributed by atoms with Gasteiger partial charge in [0.05, 0.1) is 0 Å². The van der Waals surface area contributed by atoms with Gasteiger partial charge in [0.25, 0.3) is 0 Å². The van der Waals surface area contributed by atoms with Gasteiger partial charge in [0.2, 0.25) is 11.8 Å². The molecule has 1 aromatic heterocycles. The minimum absolute atomic E-state index is 0.127. The maximum Gasteiger partial charge on any atom is 0.316 e. The SMILES string of the molecule is C[C@@H](Nc1nnc([C@@H]2CCc3ccccc3C2)o1)C(=O)N1CCC2(CC1)CC2. The number of anilines is 1. The summed E-state index contributed by atoms with van der Waals surface area (Å²) in [6.45, 7) is 3.63. The molecule has 2 fully saturated rings. The number of benzene rings is 1. The van der Waals surface area contributed by atoms with Crippen molar-refractivity contribution in [3.05, 3.63) is 41.3 Å². The fourth-order valence-corrected chi connectivity index (χ4v) is 4.77. The molecule has 1 aliphatic heterocycles. The average Bonchev–Trinajstić information content (AvgIpc) is 3.31. The third-order valence-corrected chi connectivity index (χ3v) is 6.94. The molecule has 0 bridgehead atoms. The van der Waals surface area contributed by atoms with Crippen LogP contribution in [0, 0.1) is 5.41 Å². The molecular weight excluding hydrogens is 352 g/mol. The van der Waals surface area contributed by atoms with E-state index in [2.05, 4.69) is 39.8 Å². The van der Waals surface area contributed by atoms with Crippen LogP contribution < -0.4 is 5.32 Å². The first-order valence-electron chi connectivity index (χ1n) is 10.6. The molecule has 1 spiro atoms. The van der Waals surface area contributed by atoms with Crippen LogP contribution in [-0.2, 0) is 17.6 Å². The van der Waals surface area contributed by atoms with Crippen LogP contribution in [0.5, 0.6) is 0 Å². The first-order valence-corrected chi connectivity index (χ1v) is 10.6. The van der Waals surface area contributed by atoms with Crippen molar-refractivity contribution >= 4 is 11.9 Å². The van der Waals surface area contributed by atoms with E-state index in [1.54, 1.807) is 0 Å². The summed E-state index contributed by atoms with van der Waals surface area (Å²) in [4.78, 5) is 14.7. The molecule has 148 valence electrons. The Balaban J connectivity index is 1.19. The molecule has 1 aromatic carbocycles. The van der Waals surface area contributed by atoms with Crippen molar-refractivity contribution in [3.63, 3.8) is 0 Å². The van der Waals surface area contributed by atoms with E-state index in [1.165, 1.54) is 24.0 Å². The lowest BCUT2D eigenvalue weighted by Gasteiger charge is -2.33. The predicted octanol–water partition coefficient (Wildman–Crippen LogP) is 3.55. The Bertz CT molecular complexity index is 863. The van der Waals surface area contributed by atoms with Crippen LogP contribution in [0.4, 0.5) is 6.01 Å². The van der Waals surface area contributed by atoms with Gasteiger partial charge in [0.15, 0.2) is 0 Å². The molecule has 2 aliphatic carbocycles. The van der Waals surface area contributed by atoms with Crippen LogP contribution in [0.1, 0.15) is 62.0 Å². The molecule has 1 N–H and O–H groups in total. The van der Waals surface area contributed by atoms with E-state index in [1.807, 2.05) is 11.8 Å². The maximum absolute atomic E-state index is 12.8. The topological polar surface area (TPSA) is 71.3 Å². The monoisotopic (exact) mass is 380 g/mol. The van der Waals surface area contributed by atoms with Crippen LogP contribution in [0.2, 0.25) is 0 Å². The summed E-state index contributed by atoms with van der Waals surface area (Å²) in [5.74, 6) is 1.05. The molecule has 28 heavy (non-hydrogen) atoms. The zero-order valence-corrected chi connectivity index (χ0v) is 16.5. The summed E-state index contributed by atoms with van der Waals surface area (Å²) in [6.07, 6.45) is 7.99. The fraction of sp³-hybridized carbons (Fsp3) is 0.591. The molecule has 1 saturated heterocycles. The number of hydrogen-bond acceptors (Lipinski definition) is 5. The summed E-state index contributed by atoms with van der Waals surface area (Å²) in [5, 5.41) is 11.5. The van der Waals surface area contributed by atoms with Crippen LogP contribution in [0.3, 0.4) is 0 Å². The molecule has 3 aliphatic rings. The summed E-state index contributed by atoms with van der Waals surface area (Å²) >= 11 is 0. The first-order chi connectivity index (χ1) is 13.6. The van der Waals surface area contributed by atoms with Gasteiger partial charge < -0.3 is 14.6 Å². The van der Waals surface area contributed by atoms with E-state index >= 15 is 0 Å². The number of nitrogens with zero attached hydrogens (tertiary/aromatic N) is 3. The van der Waals surface area contributed by atoms with Gasteiger partial charge in [-0.3, -0.25) is 4.79 Å². The molecule has 0 unspecified atom stereocenters. The average molecular weight is 380 g/mol. The van der Waals surface area contributed by atoms with E-state index in [4.69, 9.17) is 4.42 Å². The number of rotatable bonds is 4. The summed E-state index contributed by atoms with van der Waals surface area (Å²) in [7, 11) is 0. The summed E-state index contributed by atoms with van der Waals surface area (Å²) in [5.41, 5.74) is 3.37. The molecule has 6 nitrogen and oxygen atoms in total. The minimum atomic E-state index is -0.353. The minimum Gasteiger partial charge on any atom is -0.408 e. The van der Waals surface area contributed by atoms with Gasteiger partial charge in [-0.15, -0.1) is 5.10 Å². The van der Waals surface area contributed by atoms with Crippen molar-refractivity contribution < 1.29 is 9.21 Å². The lowest BCUT2D eigenvalue weighted by Crippen LogP contribution is -2.45. The number of piperidine rings is 1. The van der Waals surface area contributed by atoms with E-state index in [0.717, 1.165) is 45.2 Å². The molecule has 5 rings (SSSR count). The zero-order chi connectivity index (χ0) is 19.1. The van der Waals surface area contributed by atoms with Crippen molar-refractivity contribution in [2.75, 3.05) is 18.4 Å². The third-order valence-electron chi connectivity index (χ3n) is 6.94. The Morgan fingerprint density at radius 1 is 1.18 bits per heavy atom. The number of hydrogen-bond donors (Lipinski definition) is 1. The molecule has 6 heteroatoms. The summed E-state index contributed by atoms with van der Waals surface area (Å²) in [6, 6.07) is 8.56. The van der Waals surface area contributed by atoms with Gasteiger partial charge in [-0.25, -0.2) is 0 Å². The van der Waals surface area contributed by atoms with E-state index in [-0.39, 0.29) is 17.9 Å². The van der Waals surface area contributed by atoms with Crippen molar-refractivity contribution in [1.82, 2.24) is 15.1 Å². The maximum atomic E-state index is 12.8. The lowest BCUT2D eigenvalue weighted by molar-refractivity contribution is -0.133. The fourth-order valence-electron chi connectivity index (χ4n) is 4.77. The number of likely N-dealkylation sites (tertiary alicyclic amines) is 1. The lowest BCUT2D eigenvalue weighted by atomic mass is 9.84. The number of nitrogens with one attached hydrogen (secondary N) is 1. The van der Waals surface area contributed by atoms with E-state index in [0.29, 0.717) is 17.3 Å². The number of aromatic nitrogens is 2. The Hall–Kier alpha value is -2.37. The number of amides is 1. The molecule has 2 heterocycles. The van der Waals surface area contributed by atoms with Crippen LogP contribution in [0.25, 0.3) is 0 Å². The normalized spacial score (nSPS) is 23.9. The van der Waals surface area contributed by atoms with Crippen molar-refractivity contribution in [1.29, 1.82) is 0 Å². The predicted molar refractivity (Wildman–Crippen MR) is 106 cm³/mol. The van der Waals surface area contributed by atoms with Gasteiger partial charge in [-0.2, -0.15) is 0 Å². The highest BCUT2D eigenvalue weighted by atomic mass is 16.4. The van der Waals surface area contributed by atoms with Gasteiger partial charge in [-0.05, 0) is 68.4 Å². The highest BCUT2D eigenvalue weighted by molar-refractivity contribution is 5.83. The second kappa shape index (κ2) is 6.90. The number of fused-ring (bicyclic) bond motifs is 1. The summed E-state index contributed by atoms with van der Waals surface area (Å²) < 4.78 is 5.89. The number of aryl methyl sites for hydroxylation is 1. The highest BCUT2D eigenvalue weighted by Crippen LogP contribution is 2.53. The van der Waals surface area contributed by atoms with Gasteiger partial charge >= 0.3 is 6.01 Å². The Kier molecular flexibility index (Phi) is 4.37. The van der Waals surface area contributed by atoms with Gasteiger partial charge in [0, 0.05) is 19.0 Å². The molecular formula is C22H28N4O2. The molecule has 2 aromatic rings. The van der Waals surface area contributed by atoms with Crippen molar-refractivity contribution in [2.45, 2.75) is 63.8 Å². The standard InChI is InChI=1S/C22H28N4O2/c1-15(20(27)26-12-10-22(8-9-22)11-13-26)23-21-25-24-19(28-21)18-7-6-16-4-2-3-5-17(16)14-18/h2-5,15,18H,6-14H2,1H3,(H,23,25)/t15-,18-/m1/s1. The Morgan fingerprint density at radius 3 is 2.68 bits per heavy atom. The van der Waals surface area contributed by atoms with E-state index < -0.39 is 0 Å². The molecule has 2 atom stereocenters. The molecule has 1 amide bonds. The number of carbonyl (C=O) groups is 1. The molecule has 0 radical (unpaired) electrons. The first kappa shape index (κ1) is 17.7. The second-order valence-electron chi connectivity index (χ2n) is 8.85. The number of carbonyl (C=O) groups excluding carboxylic acids is 1. The van der Waals surface area contributed by atoms with Gasteiger partial charge in [-0.1, -0.05) is 29.4 Å². The van der Waals surface area contributed by atoms with Crippen LogP contribution in [0.15, 0.2) is 28.7 Å². The Labute approximate surface area is 165 Å². The van der Waals surface area contributed by atoms with Crippen molar-refractivity contribution in [3.8, 4) is 0 Å². The Morgan fingerprint density at radius 2 is 1.93 bits per heavy atom. The zero-order valence-electron chi connectivity index (χ0n) is 16.5. The highest BCUT2D eigenvalue weighted by Gasteiger charge is 2.45. The van der Waals surface area contributed by atoms with Crippen LogP contribution >= 0.6 is 0 Å². The van der Waals surface area contributed by atoms with Crippen LogP contribution in [-0.4, -0.2) is 40.1 Å². The second-order valence-corrected chi connectivity index (χ2v) is 8.85. The third kappa shape index (κ3) is 3.40. The van der Waals surface area contributed by atoms with Gasteiger partial charge in [0.1, 0.15) is 6.04 Å². The van der Waals surface area contributed by atoms with Crippen molar-refractivity contribution in [2.24, 2.45) is 5.41 Å². The molecule has 1 saturated carbocycles. The van der Waals surface area contributed by atoms with E-state index in [9.17, 15) is 4.79 Å². The largest absolute Gasteiger partial charge is 0.408 e.